The van der Waals surface area contributed by atoms with Gasteiger partial charge in [-0.25, -0.2) is 4.79 Å². The van der Waals surface area contributed by atoms with Gasteiger partial charge < -0.3 is 9.47 Å². The van der Waals surface area contributed by atoms with E-state index >= 15 is 0 Å². The van der Waals surface area contributed by atoms with E-state index in [1.165, 1.54) is 17.9 Å². The number of benzene rings is 2. The molecule has 0 amide bonds. The summed E-state index contributed by atoms with van der Waals surface area (Å²) >= 11 is 3.38. The first kappa shape index (κ1) is 16.3. The van der Waals surface area contributed by atoms with E-state index in [4.69, 9.17) is 9.47 Å². The van der Waals surface area contributed by atoms with Gasteiger partial charge in [0.1, 0.15) is 5.75 Å². The highest BCUT2D eigenvalue weighted by Gasteiger charge is 2.20. The molecule has 3 aromatic rings. The number of halogens is 1. The lowest BCUT2D eigenvalue weighted by Crippen LogP contribution is -2.11. The summed E-state index contributed by atoms with van der Waals surface area (Å²) in [7, 11) is 2.88. The molecule has 1 heterocycles. The fourth-order valence-electron chi connectivity index (χ4n) is 2.56. The molecular formula is C18H14BrNO4. The van der Waals surface area contributed by atoms with Crippen molar-refractivity contribution in [2.24, 2.45) is 0 Å². The van der Waals surface area contributed by atoms with Gasteiger partial charge in [-0.15, -0.1) is 0 Å². The highest BCUT2D eigenvalue weighted by Crippen LogP contribution is 2.27. The number of para-hydroxylation sites is 1. The van der Waals surface area contributed by atoms with Gasteiger partial charge in [0.05, 0.1) is 29.8 Å². The van der Waals surface area contributed by atoms with Crippen LogP contribution in [0, 0.1) is 0 Å². The zero-order valence-corrected chi connectivity index (χ0v) is 14.7. The Kier molecular flexibility index (Phi) is 4.40. The summed E-state index contributed by atoms with van der Waals surface area (Å²) in [4.78, 5) is 24.9. The van der Waals surface area contributed by atoms with Crippen LogP contribution in [0.1, 0.15) is 20.7 Å². The molecule has 0 N–H and O–H groups in total. The molecule has 5 nitrogen and oxygen atoms in total. The van der Waals surface area contributed by atoms with Crippen LogP contribution in [-0.2, 0) is 4.74 Å². The van der Waals surface area contributed by atoms with Crippen molar-refractivity contribution < 1.29 is 19.1 Å². The molecule has 0 aliphatic carbocycles. The Morgan fingerprint density at radius 3 is 2.50 bits per heavy atom. The SMILES string of the molecule is COC(=O)c1cn(C(=O)c2ccc(OC)c(Br)c2)c2ccccc12. The average molecular weight is 388 g/mol. The highest BCUT2D eigenvalue weighted by atomic mass is 79.9. The Balaban J connectivity index is 2.14. The Bertz CT molecular complexity index is 945. The van der Waals surface area contributed by atoms with Crippen molar-refractivity contribution in [3.63, 3.8) is 0 Å². The minimum Gasteiger partial charge on any atom is -0.496 e. The van der Waals surface area contributed by atoms with E-state index in [1.807, 2.05) is 12.1 Å². The summed E-state index contributed by atoms with van der Waals surface area (Å²) in [6.45, 7) is 0. The van der Waals surface area contributed by atoms with Gasteiger partial charge in [-0.1, -0.05) is 18.2 Å². The van der Waals surface area contributed by atoms with Crippen LogP contribution in [-0.4, -0.2) is 30.7 Å². The van der Waals surface area contributed by atoms with Crippen molar-refractivity contribution in [3.8, 4) is 5.75 Å². The first-order valence-corrected chi connectivity index (χ1v) is 7.92. The first-order valence-electron chi connectivity index (χ1n) is 7.13. The van der Waals surface area contributed by atoms with Crippen LogP contribution in [0.25, 0.3) is 10.9 Å². The molecule has 0 aliphatic heterocycles. The van der Waals surface area contributed by atoms with Crippen LogP contribution in [0.4, 0.5) is 0 Å². The number of hydrogen-bond donors (Lipinski definition) is 0. The van der Waals surface area contributed by atoms with Gasteiger partial charge in [0.2, 0.25) is 0 Å². The maximum Gasteiger partial charge on any atom is 0.340 e. The molecule has 0 atom stereocenters. The van der Waals surface area contributed by atoms with Crippen LogP contribution in [0.15, 0.2) is 53.1 Å². The second-order valence-electron chi connectivity index (χ2n) is 5.08. The van der Waals surface area contributed by atoms with Crippen molar-refractivity contribution in [1.29, 1.82) is 0 Å². The molecule has 0 unspecified atom stereocenters. The minimum atomic E-state index is -0.478. The monoisotopic (exact) mass is 387 g/mol. The number of methoxy groups -OCH3 is 2. The average Bonchev–Trinajstić information content (AvgIpc) is 3.00. The number of esters is 1. The summed E-state index contributed by atoms with van der Waals surface area (Å²) in [6.07, 6.45) is 1.51. The molecule has 0 saturated heterocycles. The van der Waals surface area contributed by atoms with Crippen molar-refractivity contribution in [1.82, 2.24) is 4.57 Å². The van der Waals surface area contributed by atoms with Crippen molar-refractivity contribution in [3.05, 3.63) is 64.3 Å². The number of fused-ring (bicyclic) bond motifs is 1. The largest absolute Gasteiger partial charge is 0.496 e. The van der Waals surface area contributed by atoms with Crippen molar-refractivity contribution in [2.45, 2.75) is 0 Å². The van der Waals surface area contributed by atoms with Gasteiger partial charge in [-0.05, 0) is 40.2 Å². The number of carbonyl (C=O) groups excluding carboxylic acids is 2. The zero-order chi connectivity index (χ0) is 17.3. The molecule has 0 aliphatic rings. The van der Waals surface area contributed by atoms with E-state index in [0.29, 0.717) is 32.3 Å². The molecular weight excluding hydrogens is 374 g/mol. The Morgan fingerprint density at radius 2 is 1.83 bits per heavy atom. The number of rotatable bonds is 3. The number of hydrogen-bond acceptors (Lipinski definition) is 4. The zero-order valence-electron chi connectivity index (χ0n) is 13.1. The number of aromatic nitrogens is 1. The lowest BCUT2D eigenvalue weighted by Gasteiger charge is -2.07. The Morgan fingerprint density at radius 1 is 1.08 bits per heavy atom. The molecule has 1 aromatic heterocycles. The van der Waals surface area contributed by atoms with Crippen LogP contribution >= 0.6 is 15.9 Å². The fraction of sp³-hybridized carbons (Fsp3) is 0.111. The molecule has 0 bridgehead atoms. The van der Waals surface area contributed by atoms with E-state index in [0.717, 1.165) is 0 Å². The summed E-state index contributed by atoms with van der Waals surface area (Å²) < 4.78 is 12.1. The highest BCUT2D eigenvalue weighted by molar-refractivity contribution is 9.10. The normalized spacial score (nSPS) is 10.6. The molecule has 24 heavy (non-hydrogen) atoms. The van der Waals surface area contributed by atoms with Gasteiger partial charge in [0, 0.05) is 17.1 Å². The Labute approximate surface area is 146 Å². The quantitative estimate of drug-likeness (QED) is 0.639. The van der Waals surface area contributed by atoms with Crippen molar-refractivity contribution in [2.75, 3.05) is 14.2 Å². The van der Waals surface area contributed by atoms with Gasteiger partial charge >= 0.3 is 5.97 Å². The van der Waals surface area contributed by atoms with Gasteiger partial charge in [0.25, 0.3) is 5.91 Å². The van der Waals surface area contributed by atoms with Crippen LogP contribution in [0.5, 0.6) is 5.75 Å². The third-order valence-corrected chi connectivity index (χ3v) is 4.35. The smallest absolute Gasteiger partial charge is 0.340 e. The van der Waals surface area contributed by atoms with Gasteiger partial charge in [-0.3, -0.25) is 9.36 Å². The molecule has 6 heteroatoms. The standard InChI is InChI=1S/C18H14BrNO4/c1-23-16-8-7-11(9-14(16)19)17(21)20-10-13(18(22)24-2)12-5-3-4-6-15(12)20/h3-10H,1-2H3. The maximum absolute atomic E-state index is 12.9. The maximum atomic E-state index is 12.9. The fourth-order valence-corrected chi connectivity index (χ4v) is 3.10. The number of nitrogens with zero attached hydrogens (tertiary/aromatic N) is 1. The van der Waals surface area contributed by atoms with Gasteiger partial charge in [0.15, 0.2) is 0 Å². The summed E-state index contributed by atoms with van der Waals surface area (Å²) in [5, 5.41) is 0.672. The molecule has 3 rings (SSSR count). The first-order chi connectivity index (χ1) is 11.6. The van der Waals surface area contributed by atoms with Crippen molar-refractivity contribution >= 4 is 38.7 Å². The number of carbonyl (C=O) groups is 2. The van der Waals surface area contributed by atoms with E-state index in [1.54, 1.807) is 37.4 Å². The second-order valence-corrected chi connectivity index (χ2v) is 5.93. The minimum absolute atomic E-state index is 0.246. The predicted octanol–water partition coefficient (Wildman–Crippen LogP) is 3.89. The predicted molar refractivity (Wildman–Crippen MR) is 93.7 cm³/mol. The summed E-state index contributed by atoms with van der Waals surface area (Å²) in [6, 6.07) is 12.3. The third-order valence-electron chi connectivity index (χ3n) is 3.73. The molecule has 2 aromatic carbocycles. The third kappa shape index (κ3) is 2.69. The summed E-state index contributed by atoms with van der Waals surface area (Å²) in [5.74, 6) is -0.0856. The van der Waals surface area contributed by atoms with E-state index < -0.39 is 5.97 Å². The summed E-state index contributed by atoms with van der Waals surface area (Å²) in [5.41, 5.74) is 1.48. The molecule has 122 valence electrons. The van der Waals surface area contributed by atoms with E-state index in [9.17, 15) is 9.59 Å². The van der Waals surface area contributed by atoms with Crippen LogP contribution in [0.2, 0.25) is 0 Å². The van der Waals surface area contributed by atoms with Crippen LogP contribution < -0.4 is 4.74 Å². The van der Waals surface area contributed by atoms with Crippen LogP contribution in [0.3, 0.4) is 0 Å². The lowest BCUT2D eigenvalue weighted by atomic mass is 10.2. The second kappa shape index (κ2) is 6.49. The topological polar surface area (TPSA) is 57.5 Å². The van der Waals surface area contributed by atoms with Gasteiger partial charge in [-0.2, -0.15) is 0 Å². The van der Waals surface area contributed by atoms with E-state index in [2.05, 4.69) is 15.9 Å². The molecule has 0 spiro atoms. The number of ether oxygens (including phenoxy) is 2. The Hall–Kier alpha value is -2.60. The van der Waals surface area contributed by atoms with E-state index in [-0.39, 0.29) is 5.91 Å². The molecule has 0 fully saturated rings. The lowest BCUT2D eigenvalue weighted by molar-refractivity contribution is 0.0603. The molecule has 0 radical (unpaired) electrons. The molecule has 0 saturated carbocycles.